The van der Waals surface area contributed by atoms with E-state index in [1.54, 1.807) is 13.1 Å². The molecule has 0 aliphatic rings. The number of carbonyl (C=O) groups excluding carboxylic acids is 1. The molecule has 0 saturated carbocycles. The number of hydrogen-bond donors (Lipinski definition) is 2. The summed E-state index contributed by atoms with van der Waals surface area (Å²) in [5, 5.41) is 3.52. The summed E-state index contributed by atoms with van der Waals surface area (Å²) in [4.78, 5) is 33.3. The van der Waals surface area contributed by atoms with Crippen LogP contribution in [0.3, 0.4) is 0 Å². The minimum atomic E-state index is -0.185. The van der Waals surface area contributed by atoms with Crippen LogP contribution in [-0.2, 0) is 19.4 Å². The predicted octanol–water partition coefficient (Wildman–Crippen LogP) is 4.52. The van der Waals surface area contributed by atoms with Gasteiger partial charge in [0.2, 0.25) is 0 Å². The number of aromatic amines is 1. The van der Waals surface area contributed by atoms with Crippen LogP contribution in [0.25, 0.3) is 10.6 Å². The molecule has 0 aliphatic carbocycles. The van der Waals surface area contributed by atoms with Crippen LogP contribution in [0, 0.1) is 6.92 Å². The van der Waals surface area contributed by atoms with Gasteiger partial charge in [0.15, 0.2) is 0 Å². The average Bonchev–Trinajstić information content (AvgIpc) is 3.18. The zero-order chi connectivity index (χ0) is 21.6. The summed E-state index contributed by atoms with van der Waals surface area (Å²) in [6.45, 7) is 2.25. The SMILES string of the molecule is Cc1nc(-c2c(CCc3ccccc3)cc[nH]c2=O)sc1C(=O)NCc1ccccc1. The zero-order valence-corrected chi connectivity index (χ0v) is 18.0. The molecule has 4 rings (SSSR count). The number of nitrogens with one attached hydrogen (secondary N) is 2. The summed E-state index contributed by atoms with van der Waals surface area (Å²) in [6, 6.07) is 21.9. The Balaban J connectivity index is 1.56. The molecule has 0 spiro atoms. The Kier molecular flexibility index (Phi) is 6.38. The van der Waals surface area contributed by atoms with Crippen molar-refractivity contribution in [2.75, 3.05) is 0 Å². The second-order valence-corrected chi connectivity index (χ2v) is 8.29. The van der Waals surface area contributed by atoms with Gasteiger partial charge in [-0.25, -0.2) is 4.98 Å². The van der Waals surface area contributed by atoms with Gasteiger partial charge in [-0.15, -0.1) is 11.3 Å². The molecule has 31 heavy (non-hydrogen) atoms. The molecule has 1 amide bonds. The van der Waals surface area contributed by atoms with Gasteiger partial charge in [-0.3, -0.25) is 9.59 Å². The van der Waals surface area contributed by atoms with Crippen molar-refractivity contribution in [3.63, 3.8) is 0 Å². The third-order valence-corrected chi connectivity index (χ3v) is 6.26. The standard InChI is InChI=1S/C25H23N3O2S/c1-17-22(24(30)27-16-19-10-6-3-7-11-19)31-25(28-17)21-20(14-15-26-23(21)29)13-12-18-8-4-2-5-9-18/h2-11,14-15H,12-13,16H2,1H3,(H,26,29)(H,27,30). The molecule has 2 aromatic carbocycles. The minimum Gasteiger partial charge on any atom is -0.347 e. The maximum absolute atomic E-state index is 12.7. The second kappa shape index (κ2) is 9.53. The molecule has 2 aromatic heterocycles. The normalized spacial score (nSPS) is 10.7. The molecule has 4 aromatic rings. The highest BCUT2D eigenvalue weighted by molar-refractivity contribution is 7.17. The molecule has 0 atom stereocenters. The highest BCUT2D eigenvalue weighted by atomic mass is 32.1. The van der Waals surface area contributed by atoms with Crippen LogP contribution >= 0.6 is 11.3 Å². The number of amides is 1. The summed E-state index contributed by atoms with van der Waals surface area (Å²) in [5.74, 6) is -0.178. The van der Waals surface area contributed by atoms with E-state index < -0.39 is 0 Å². The quantitative estimate of drug-likeness (QED) is 0.453. The van der Waals surface area contributed by atoms with E-state index in [0.29, 0.717) is 27.7 Å². The lowest BCUT2D eigenvalue weighted by Gasteiger charge is -2.06. The van der Waals surface area contributed by atoms with Crippen LogP contribution in [0.15, 0.2) is 77.7 Å². The zero-order valence-electron chi connectivity index (χ0n) is 17.2. The molecule has 6 heteroatoms. The number of hydrogen-bond acceptors (Lipinski definition) is 4. The molecule has 0 bridgehead atoms. The van der Waals surface area contributed by atoms with Crippen molar-refractivity contribution in [2.24, 2.45) is 0 Å². The molecule has 2 heterocycles. The van der Waals surface area contributed by atoms with Crippen molar-refractivity contribution in [1.29, 1.82) is 0 Å². The molecule has 0 unspecified atom stereocenters. The Bertz CT molecular complexity index is 1230. The number of thiazole rings is 1. The first-order chi connectivity index (χ1) is 15.1. The van der Waals surface area contributed by atoms with Gasteiger partial charge in [0.25, 0.3) is 11.5 Å². The van der Waals surface area contributed by atoms with Gasteiger partial charge in [-0.2, -0.15) is 0 Å². The molecule has 0 radical (unpaired) electrons. The van der Waals surface area contributed by atoms with Gasteiger partial charge in [0, 0.05) is 12.7 Å². The first kappa shape index (κ1) is 20.8. The van der Waals surface area contributed by atoms with Crippen LogP contribution in [-0.4, -0.2) is 15.9 Å². The molecule has 0 saturated heterocycles. The third kappa shape index (κ3) is 4.98. The van der Waals surface area contributed by atoms with Gasteiger partial charge in [-0.05, 0) is 42.5 Å². The maximum Gasteiger partial charge on any atom is 0.263 e. The fourth-order valence-corrected chi connectivity index (χ4v) is 4.52. The van der Waals surface area contributed by atoms with Crippen molar-refractivity contribution >= 4 is 17.2 Å². The molecule has 0 fully saturated rings. The van der Waals surface area contributed by atoms with Crippen LogP contribution < -0.4 is 10.9 Å². The summed E-state index contributed by atoms with van der Waals surface area (Å²) in [5.41, 5.74) is 4.16. The summed E-state index contributed by atoms with van der Waals surface area (Å²) in [7, 11) is 0. The van der Waals surface area contributed by atoms with Gasteiger partial charge in [-0.1, -0.05) is 60.7 Å². The summed E-state index contributed by atoms with van der Waals surface area (Å²) in [6.07, 6.45) is 3.21. The minimum absolute atomic E-state index is 0.178. The number of H-pyrrole nitrogens is 1. The van der Waals surface area contributed by atoms with Crippen LogP contribution in [0.4, 0.5) is 0 Å². The molecular weight excluding hydrogens is 406 g/mol. The number of rotatable bonds is 7. The topological polar surface area (TPSA) is 74.8 Å². The number of nitrogens with zero attached hydrogens (tertiary/aromatic N) is 1. The molecule has 156 valence electrons. The Labute approximate surface area is 184 Å². The van der Waals surface area contributed by atoms with Crippen LogP contribution in [0.2, 0.25) is 0 Å². The highest BCUT2D eigenvalue weighted by Gasteiger charge is 2.20. The third-order valence-electron chi connectivity index (χ3n) is 5.09. The van der Waals surface area contributed by atoms with Gasteiger partial charge < -0.3 is 10.3 Å². The van der Waals surface area contributed by atoms with Gasteiger partial charge >= 0.3 is 0 Å². The molecule has 2 N–H and O–H groups in total. The Hall–Kier alpha value is -3.51. The monoisotopic (exact) mass is 429 g/mol. The second-order valence-electron chi connectivity index (χ2n) is 7.29. The van der Waals surface area contributed by atoms with Crippen molar-refractivity contribution in [1.82, 2.24) is 15.3 Å². The maximum atomic E-state index is 12.7. The fourth-order valence-electron chi connectivity index (χ4n) is 3.46. The molecule has 0 aliphatic heterocycles. The summed E-state index contributed by atoms with van der Waals surface area (Å²) < 4.78 is 0. The smallest absolute Gasteiger partial charge is 0.263 e. The number of carbonyl (C=O) groups is 1. The van der Waals surface area contributed by atoms with E-state index in [9.17, 15) is 9.59 Å². The lowest BCUT2D eigenvalue weighted by atomic mass is 10.0. The largest absolute Gasteiger partial charge is 0.347 e. The van der Waals surface area contributed by atoms with Crippen LogP contribution in [0.1, 0.15) is 32.1 Å². The van der Waals surface area contributed by atoms with Gasteiger partial charge in [0.05, 0.1) is 11.3 Å². The lowest BCUT2D eigenvalue weighted by Crippen LogP contribution is -2.22. The van der Waals surface area contributed by atoms with Crippen molar-refractivity contribution < 1.29 is 4.79 Å². The fraction of sp³-hybridized carbons (Fsp3) is 0.160. The highest BCUT2D eigenvalue weighted by Crippen LogP contribution is 2.28. The van der Waals surface area contributed by atoms with E-state index in [1.165, 1.54) is 16.9 Å². The Morgan fingerprint density at radius 1 is 0.968 bits per heavy atom. The molecular formula is C25H23N3O2S. The average molecular weight is 430 g/mol. The number of benzene rings is 2. The predicted molar refractivity (Wildman–Crippen MR) is 124 cm³/mol. The summed E-state index contributed by atoms with van der Waals surface area (Å²) >= 11 is 1.26. The lowest BCUT2D eigenvalue weighted by molar-refractivity contribution is 0.0954. The van der Waals surface area contributed by atoms with Crippen molar-refractivity contribution in [3.8, 4) is 10.6 Å². The Morgan fingerprint density at radius 3 is 2.35 bits per heavy atom. The van der Waals surface area contributed by atoms with Gasteiger partial charge in [0.1, 0.15) is 9.88 Å². The number of aromatic nitrogens is 2. The first-order valence-corrected chi connectivity index (χ1v) is 11.0. The van der Waals surface area contributed by atoms with E-state index in [1.807, 2.05) is 54.6 Å². The van der Waals surface area contributed by atoms with E-state index in [-0.39, 0.29) is 11.5 Å². The first-order valence-electron chi connectivity index (χ1n) is 10.2. The molecule has 5 nitrogen and oxygen atoms in total. The number of pyridine rings is 1. The van der Waals surface area contributed by atoms with Crippen LogP contribution in [0.5, 0.6) is 0 Å². The number of aryl methyl sites for hydroxylation is 3. The van der Waals surface area contributed by atoms with Crippen molar-refractivity contribution in [3.05, 3.63) is 111 Å². The van der Waals surface area contributed by atoms with E-state index in [0.717, 1.165) is 24.0 Å². The van der Waals surface area contributed by atoms with E-state index in [4.69, 9.17) is 0 Å². The van der Waals surface area contributed by atoms with Crippen molar-refractivity contribution in [2.45, 2.75) is 26.3 Å². The van der Waals surface area contributed by atoms with E-state index in [2.05, 4.69) is 27.4 Å². The van der Waals surface area contributed by atoms with E-state index >= 15 is 0 Å². The Morgan fingerprint density at radius 2 is 1.65 bits per heavy atom.